The van der Waals surface area contributed by atoms with E-state index < -0.39 is 0 Å². The molecule has 2 heteroatoms. The van der Waals surface area contributed by atoms with Gasteiger partial charge in [-0.1, -0.05) is 24.3 Å². The lowest BCUT2D eigenvalue weighted by molar-refractivity contribution is 0.409. The third-order valence-electron chi connectivity index (χ3n) is 4.44. The number of ether oxygens (including phenoxy) is 1. The molecule has 0 saturated carbocycles. The van der Waals surface area contributed by atoms with Crippen LogP contribution in [0.15, 0.2) is 30.3 Å². The van der Waals surface area contributed by atoms with Crippen molar-refractivity contribution in [1.82, 2.24) is 4.98 Å². The quantitative estimate of drug-likeness (QED) is 0.542. The van der Waals surface area contributed by atoms with Crippen molar-refractivity contribution in [1.29, 1.82) is 0 Å². The Kier molecular flexibility index (Phi) is 2.25. The van der Waals surface area contributed by atoms with Gasteiger partial charge in [-0.15, -0.1) is 0 Å². The largest absolute Gasteiger partial charge is 0.496 e. The van der Waals surface area contributed by atoms with Crippen molar-refractivity contribution in [3.8, 4) is 17.0 Å². The first-order valence-corrected chi connectivity index (χ1v) is 6.97. The van der Waals surface area contributed by atoms with E-state index in [2.05, 4.69) is 49.2 Å². The first kappa shape index (κ1) is 11.6. The van der Waals surface area contributed by atoms with Crippen LogP contribution in [0, 0.1) is 13.8 Å². The van der Waals surface area contributed by atoms with Crippen LogP contribution in [0.2, 0.25) is 0 Å². The summed E-state index contributed by atoms with van der Waals surface area (Å²) >= 11 is 0. The van der Waals surface area contributed by atoms with Crippen LogP contribution in [-0.4, -0.2) is 12.1 Å². The van der Waals surface area contributed by atoms with E-state index in [1.807, 2.05) is 0 Å². The van der Waals surface area contributed by atoms with Crippen LogP contribution in [-0.2, 0) is 6.42 Å². The van der Waals surface area contributed by atoms with E-state index in [4.69, 9.17) is 4.74 Å². The first-order valence-electron chi connectivity index (χ1n) is 6.97. The maximum Gasteiger partial charge on any atom is 0.126 e. The third kappa shape index (κ3) is 1.34. The van der Waals surface area contributed by atoms with Gasteiger partial charge in [0, 0.05) is 22.9 Å². The van der Waals surface area contributed by atoms with Crippen molar-refractivity contribution >= 4 is 10.9 Å². The van der Waals surface area contributed by atoms with Crippen molar-refractivity contribution in [3.63, 3.8) is 0 Å². The molecule has 1 aliphatic rings. The van der Waals surface area contributed by atoms with Gasteiger partial charge in [0.25, 0.3) is 0 Å². The Morgan fingerprint density at radius 2 is 1.95 bits per heavy atom. The summed E-state index contributed by atoms with van der Waals surface area (Å²) in [5.74, 6) is 0.991. The van der Waals surface area contributed by atoms with E-state index in [0.717, 1.165) is 12.2 Å². The molecular formula is C18H17NO. The number of H-pyrrole nitrogens is 1. The lowest BCUT2D eigenvalue weighted by Gasteiger charge is -2.10. The van der Waals surface area contributed by atoms with E-state index in [0.29, 0.717) is 0 Å². The molecule has 1 aliphatic carbocycles. The Morgan fingerprint density at radius 1 is 1.15 bits per heavy atom. The molecule has 1 aromatic heterocycles. The van der Waals surface area contributed by atoms with Crippen LogP contribution in [0.1, 0.15) is 22.3 Å². The number of nitrogens with one attached hydrogen (secondary N) is 1. The van der Waals surface area contributed by atoms with E-state index in [-0.39, 0.29) is 0 Å². The molecule has 0 aliphatic heterocycles. The third-order valence-corrected chi connectivity index (χ3v) is 4.44. The molecule has 0 atom stereocenters. The summed E-state index contributed by atoms with van der Waals surface area (Å²) < 4.78 is 5.53. The number of hydrogen-bond donors (Lipinski definition) is 1. The number of rotatable bonds is 1. The van der Waals surface area contributed by atoms with Crippen molar-refractivity contribution in [2.75, 3.05) is 7.11 Å². The highest BCUT2D eigenvalue weighted by Gasteiger charge is 2.24. The van der Waals surface area contributed by atoms with Crippen LogP contribution in [0.25, 0.3) is 22.2 Å². The Balaban J connectivity index is 2.07. The zero-order valence-electron chi connectivity index (χ0n) is 12.0. The number of aromatic amines is 1. The zero-order valence-corrected chi connectivity index (χ0v) is 12.0. The predicted molar refractivity (Wildman–Crippen MR) is 82.6 cm³/mol. The minimum Gasteiger partial charge on any atom is -0.496 e. The lowest BCUT2D eigenvalue weighted by Crippen LogP contribution is -1.92. The summed E-state index contributed by atoms with van der Waals surface area (Å²) in [5.41, 5.74) is 9.09. The van der Waals surface area contributed by atoms with Crippen molar-refractivity contribution < 1.29 is 4.74 Å². The smallest absolute Gasteiger partial charge is 0.126 e. The predicted octanol–water partition coefficient (Wildman–Crippen LogP) is 4.36. The fourth-order valence-corrected chi connectivity index (χ4v) is 3.54. The summed E-state index contributed by atoms with van der Waals surface area (Å²) in [6, 6.07) is 10.9. The van der Waals surface area contributed by atoms with E-state index >= 15 is 0 Å². The highest BCUT2D eigenvalue weighted by molar-refractivity contribution is 5.97. The van der Waals surface area contributed by atoms with Crippen LogP contribution < -0.4 is 4.74 Å². The monoisotopic (exact) mass is 263 g/mol. The highest BCUT2D eigenvalue weighted by atomic mass is 16.5. The normalized spacial score (nSPS) is 12.6. The van der Waals surface area contributed by atoms with Gasteiger partial charge in [0.1, 0.15) is 5.75 Å². The van der Waals surface area contributed by atoms with E-state index in [9.17, 15) is 0 Å². The molecule has 0 bridgehead atoms. The van der Waals surface area contributed by atoms with Crippen LogP contribution in [0.3, 0.4) is 0 Å². The summed E-state index contributed by atoms with van der Waals surface area (Å²) in [6.07, 6.45) is 1.02. The first-order chi connectivity index (χ1) is 9.70. The van der Waals surface area contributed by atoms with Gasteiger partial charge in [-0.05, 0) is 36.6 Å². The molecular weight excluding hydrogens is 246 g/mol. The Labute approximate surface area is 118 Å². The minimum absolute atomic E-state index is 0.991. The van der Waals surface area contributed by atoms with Gasteiger partial charge in [0.05, 0.1) is 18.3 Å². The average molecular weight is 263 g/mol. The van der Waals surface area contributed by atoms with Gasteiger partial charge < -0.3 is 9.72 Å². The number of methoxy groups -OCH3 is 1. The molecule has 3 aromatic rings. The molecule has 0 unspecified atom stereocenters. The van der Waals surface area contributed by atoms with E-state index in [1.165, 1.54) is 44.4 Å². The van der Waals surface area contributed by atoms with Crippen LogP contribution in [0.4, 0.5) is 0 Å². The molecule has 0 saturated heterocycles. The second kappa shape index (κ2) is 3.89. The number of fused-ring (bicyclic) bond motifs is 5. The number of aryl methyl sites for hydroxylation is 2. The molecule has 0 spiro atoms. The van der Waals surface area contributed by atoms with Gasteiger partial charge in [-0.2, -0.15) is 0 Å². The molecule has 0 amide bonds. The maximum atomic E-state index is 5.53. The van der Waals surface area contributed by atoms with Gasteiger partial charge in [-0.25, -0.2) is 0 Å². The number of hydrogen-bond acceptors (Lipinski definition) is 1. The van der Waals surface area contributed by atoms with Gasteiger partial charge in [0.15, 0.2) is 0 Å². The molecule has 20 heavy (non-hydrogen) atoms. The number of aromatic nitrogens is 1. The Morgan fingerprint density at radius 3 is 2.75 bits per heavy atom. The summed E-state index contributed by atoms with van der Waals surface area (Å²) in [4.78, 5) is 3.62. The van der Waals surface area contributed by atoms with Gasteiger partial charge >= 0.3 is 0 Å². The second-order valence-corrected chi connectivity index (χ2v) is 5.59. The van der Waals surface area contributed by atoms with Gasteiger partial charge in [0.2, 0.25) is 0 Å². The van der Waals surface area contributed by atoms with Crippen molar-refractivity contribution in [2.24, 2.45) is 0 Å². The molecule has 0 radical (unpaired) electrons. The molecule has 1 N–H and O–H groups in total. The summed E-state index contributed by atoms with van der Waals surface area (Å²) in [6.45, 7) is 4.25. The molecule has 1 heterocycles. The topological polar surface area (TPSA) is 25.0 Å². The fraction of sp³-hybridized carbons (Fsp3) is 0.222. The van der Waals surface area contributed by atoms with Crippen LogP contribution >= 0.6 is 0 Å². The van der Waals surface area contributed by atoms with E-state index in [1.54, 1.807) is 7.11 Å². The second-order valence-electron chi connectivity index (χ2n) is 5.59. The minimum atomic E-state index is 0.991. The standard InChI is InChI=1S/C18H17NO/c1-10-8-14-15-9-12-6-4-5-7-13(12)17(15)19-16(14)11(2)18(10)20-3/h4-8,19H,9H2,1-3H3. The van der Waals surface area contributed by atoms with Gasteiger partial charge in [-0.3, -0.25) is 0 Å². The van der Waals surface area contributed by atoms with Crippen molar-refractivity contribution in [3.05, 3.63) is 52.6 Å². The fourth-order valence-electron chi connectivity index (χ4n) is 3.54. The lowest BCUT2D eigenvalue weighted by atomic mass is 10.0. The Bertz CT molecular complexity index is 842. The summed E-state index contributed by atoms with van der Waals surface area (Å²) in [7, 11) is 1.74. The summed E-state index contributed by atoms with van der Waals surface area (Å²) in [5, 5.41) is 1.34. The maximum absolute atomic E-state index is 5.53. The molecule has 0 fully saturated rings. The molecule has 100 valence electrons. The van der Waals surface area contributed by atoms with Crippen molar-refractivity contribution in [2.45, 2.75) is 20.3 Å². The SMILES string of the molecule is COc1c(C)cc2c3c([nH]c2c1C)-c1ccccc1C3. The highest BCUT2D eigenvalue weighted by Crippen LogP contribution is 2.43. The van der Waals surface area contributed by atoms with Crippen LogP contribution in [0.5, 0.6) is 5.75 Å². The average Bonchev–Trinajstić information content (AvgIpc) is 2.96. The number of benzene rings is 2. The molecule has 2 nitrogen and oxygen atoms in total. The molecule has 4 rings (SSSR count). The molecule has 2 aromatic carbocycles. The zero-order chi connectivity index (χ0) is 13.9. The Hall–Kier alpha value is -2.22.